The maximum absolute atomic E-state index is 5.52. The largest absolute Gasteiger partial charge is 0.382 e. The van der Waals surface area contributed by atoms with Gasteiger partial charge >= 0.3 is 0 Å². The molecule has 2 aromatic rings. The van der Waals surface area contributed by atoms with Crippen LogP contribution in [0.2, 0.25) is 0 Å². The maximum Gasteiger partial charge on any atom is 0.0649 e. The Morgan fingerprint density at radius 1 is 1.19 bits per heavy atom. The van der Waals surface area contributed by atoms with Gasteiger partial charge in [0.2, 0.25) is 0 Å². The van der Waals surface area contributed by atoms with Gasteiger partial charge in [0.25, 0.3) is 0 Å². The fourth-order valence-electron chi connectivity index (χ4n) is 2.38. The Bertz CT molecular complexity index is 510. The van der Waals surface area contributed by atoms with Crippen molar-refractivity contribution >= 4 is 0 Å². The van der Waals surface area contributed by atoms with Crippen molar-refractivity contribution in [3.8, 4) is 5.69 Å². The SMILES string of the molecule is CCCNC(CCOCC)c1ccnn1-c1ccccc1. The van der Waals surface area contributed by atoms with Crippen molar-refractivity contribution in [2.24, 2.45) is 0 Å². The lowest BCUT2D eigenvalue weighted by Crippen LogP contribution is -2.25. The standard InChI is InChI=1S/C17H25N3O/c1-3-12-18-16(11-14-21-4-2)17-10-13-19-20(17)15-8-6-5-7-9-15/h5-10,13,16,18H,3-4,11-12,14H2,1-2H3. The van der Waals surface area contributed by atoms with E-state index in [4.69, 9.17) is 4.74 Å². The Balaban J connectivity index is 2.17. The van der Waals surface area contributed by atoms with E-state index in [9.17, 15) is 0 Å². The first-order chi connectivity index (χ1) is 10.4. The van der Waals surface area contributed by atoms with E-state index < -0.39 is 0 Å². The monoisotopic (exact) mass is 287 g/mol. The molecule has 1 aromatic heterocycles. The summed E-state index contributed by atoms with van der Waals surface area (Å²) in [4.78, 5) is 0. The van der Waals surface area contributed by atoms with Gasteiger partial charge < -0.3 is 10.1 Å². The second-order valence-electron chi connectivity index (χ2n) is 5.00. The first-order valence-electron chi connectivity index (χ1n) is 7.77. The third-order valence-electron chi connectivity index (χ3n) is 3.43. The molecule has 0 aliphatic rings. The zero-order valence-electron chi connectivity index (χ0n) is 13.0. The molecule has 1 heterocycles. The average Bonchev–Trinajstić information content (AvgIpc) is 3.01. The molecule has 21 heavy (non-hydrogen) atoms. The Hall–Kier alpha value is -1.65. The van der Waals surface area contributed by atoms with Crippen LogP contribution < -0.4 is 5.32 Å². The molecule has 0 amide bonds. The van der Waals surface area contributed by atoms with Crippen molar-refractivity contribution in [3.05, 3.63) is 48.3 Å². The normalized spacial score (nSPS) is 12.5. The van der Waals surface area contributed by atoms with Gasteiger partial charge in [-0.2, -0.15) is 5.10 Å². The molecule has 0 aliphatic carbocycles. The van der Waals surface area contributed by atoms with Gasteiger partial charge in [-0.1, -0.05) is 25.1 Å². The summed E-state index contributed by atoms with van der Waals surface area (Å²) in [6.45, 7) is 6.73. The number of rotatable bonds is 9. The quantitative estimate of drug-likeness (QED) is 0.719. The topological polar surface area (TPSA) is 39.1 Å². The van der Waals surface area contributed by atoms with Crippen LogP contribution in [0.1, 0.15) is 38.4 Å². The number of benzene rings is 1. The van der Waals surface area contributed by atoms with Crippen molar-refractivity contribution in [2.75, 3.05) is 19.8 Å². The Morgan fingerprint density at radius 3 is 2.71 bits per heavy atom. The second-order valence-corrected chi connectivity index (χ2v) is 5.00. The molecule has 0 saturated carbocycles. The smallest absolute Gasteiger partial charge is 0.0649 e. The lowest BCUT2D eigenvalue weighted by Gasteiger charge is -2.20. The summed E-state index contributed by atoms with van der Waals surface area (Å²) in [5, 5.41) is 8.08. The summed E-state index contributed by atoms with van der Waals surface area (Å²) < 4.78 is 7.53. The number of ether oxygens (including phenoxy) is 1. The Labute approximate surface area is 127 Å². The molecule has 1 unspecified atom stereocenters. The lowest BCUT2D eigenvalue weighted by molar-refractivity contribution is 0.135. The van der Waals surface area contributed by atoms with E-state index in [1.54, 1.807) is 0 Å². The molecule has 4 nitrogen and oxygen atoms in total. The van der Waals surface area contributed by atoms with E-state index in [2.05, 4.69) is 35.5 Å². The predicted molar refractivity (Wildman–Crippen MR) is 85.7 cm³/mol. The minimum Gasteiger partial charge on any atom is -0.382 e. The van der Waals surface area contributed by atoms with Gasteiger partial charge in [0.15, 0.2) is 0 Å². The summed E-state index contributed by atoms with van der Waals surface area (Å²) in [6.07, 6.45) is 3.93. The van der Waals surface area contributed by atoms with Crippen molar-refractivity contribution in [1.29, 1.82) is 0 Å². The minimum atomic E-state index is 0.263. The van der Waals surface area contributed by atoms with Gasteiger partial charge in [-0.25, -0.2) is 4.68 Å². The van der Waals surface area contributed by atoms with E-state index >= 15 is 0 Å². The van der Waals surface area contributed by atoms with Gasteiger partial charge in [-0.15, -0.1) is 0 Å². The molecule has 114 valence electrons. The van der Waals surface area contributed by atoms with Gasteiger partial charge in [-0.3, -0.25) is 0 Å². The first-order valence-corrected chi connectivity index (χ1v) is 7.77. The van der Waals surface area contributed by atoms with Gasteiger partial charge in [0, 0.05) is 19.4 Å². The summed E-state index contributed by atoms with van der Waals surface area (Å²) in [7, 11) is 0. The molecule has 4 heteroatoms. The number of aromatic nitrogens is 2. The molecular weight excluding hydrogens is 262 g/mol. The number of nitrogens with zero attached hydrogens (tertiary/aromatic N) is 2. The number of nitrogens with one attached hydrogen (secondary N) is 1. The molecular formula is C17H25N3O. The molecule has 0 saturated heterocycles. The Kier molecular flexibility index (Phi) is 6.44. The van der Waals surface area contributed by atoms with Gasteiger partial charge in [-0.05, 0) is 44.5 Å². The van der Waals surface area contributed by atoms with E-state index in [1.165, 1.54) is 5.69 Å². The van der Waals surface area contributed by atoms with Gasteiger partial charge in [0.1, 0.15) is 0 Å². The van der Waals surface area contributed by atoms with Crippen LogP contribution in [0.4, 0.5) is 0 Å². The minimum absolute atomic E-state index is 0.263. The highest BCUT2D eigenvalue weighted by Crippen LogP contribution is 2.20. The predicted octanol–water partition coefficient (Wildman–Crippen LogP) is 3.34. The van der Waals surface area contributed by atoms with Crippen molar-refractivity contribution in [2.45, 2.75) is 32.7 Å². The van der Waals surface area contributed by atoms with Crippen LogP contribution in [0.15, 0.2) is 42.6 Å². The van der Waals surface area contributed by atoms with Crippen LogP contribution in [-0.2, 0) is 4.74 Å². The highest BCUT2D eigenvalue weighted by Gasteiger charge is 2.16. The van der Waals surface area contributed by atoms with Crippen LogP contribution in [0.3, 0.4) is 0 Å². The summed E-state index contributed by atoms with van der Waals surface area (Å²) in [5.41, 5.74) is 2.28. The molecule has 2 rings (SSSR count). The molecule has 0 fully saturated rings. The fraction of sp³-hybridized carbons (Fsp3) is 0.471. The van der Waals surface area contributed by atoms with Crippen molar-refractivity contribution in [1.82, 2.24) is 15.1 Å². The lowest BCUT2D eigenvalue weighted by atomic mass is 10.1. The average molecular weight is 287 g/mol. The highest BCUT2D eigenvalue weighted by molar-refractivity contribution is 5.33. The molecule has 1 N–H and O–H groups in total. The van der Waals surface area contributed by atoms with Crippen molar-refractivity contribution < 1.29 is 4.74 Å². The molecule has 0 bridgehead atoms. The third kappa shape index (κ3) is 4.41. The molecule has 0 spiro atoms. The molecule has 1 aromatic carbocycles. The molecule has 0 radical (unpaired) electrons. The number of hydrogen-bond donors (Lipinski definition) is 1. The van der Waals surface area contributed by atoms with Crippen molar-refractivity contribution in [3.63, 3.8) is 0 Å². The maximum atomic E-state index is 5.52. The second kappa shape index (κ2) is 8.60. The van der Waals surface area contributed by atoms with E-state index in [1.807, 2.05) is 36.0 Å². The third-order valence-corrected chi connectivity index (χ3v) is 3.43. The zero-order valence-corrected chi connectivity index (χ0v) is 13.0. The molecule has 1 atom stereocenters. The van der Waals surface area contributed by atoms with Crippen LogP contribution in [0.25, 0.3) is 5.69 Å². The summed E-state index contributed by atoms with van der Waals surface area (Å²) >= 11 is 0. The van der Waals surface area contributed by atoms with Crippen LogP contribution in [0, 0.1) is 0 Å². The number of hydrogen-bond acceptors (Lipinski definition) is 3. The van der Waals surface area contributed by atoms with E-state index in [0.29, 0.717) is 0 Å². The Morgan fingerprint density at radius 2 is 2.00 bits per heavy atom. The van der Waals surface area contributed by atoms with E-state index in [-0.39, 0.29) is 6.04 Å². The van der Waals surface area contributed by atoms with Gasteiger partial charge in [0.05, 0.1) is 17.4 Å². The highest BCUT2D eigenvalue weighted by atomic mass is 16.5. The first kappa shape index (κ1) is 15.7. The zero-order chi connectivity index (χ0) is 14.9. The molecule has 0 aliphatic heterocycles. The summed E-state index contributed by atoms with van der Waals surface area (Å²) in [5.74, 6) is 0. The van der Waals surface area contributed by atoms with E-state index in [0.717, 1.165) is 38.3 Å². The summed E-state index contributed by atoms with van der Waals surface area (Å²) in [6, 6.07) is 12.6. The van der Waals surface area contributed by atoms with Crippen LogP contribution >= 0.6 is 0 Å². The number of para-hydroxylation sites is 1. The van der Waals surface area contributed by atoms with Crippen LogP contribution in [-0.4, -0.2) is 29.5 Å². The van der Waals surface area contributed by atoms with Crippen LogP contribution in [0.5, 0.6) is 0 Å². The fourth-order valence-corrected chi connectivity index (χ4v) is 2.38.